The molecule has 0 radical (unpaired) electrons. The van der Waals surface area contributed by atoms with Crippen LogP contribution in [0, 0.1) is 0 Å². The van der Waals surface area contributed by atoms with Crippen molar-refractivity contribution in [2.75, 3.05) is 11.9 Å². The van der Waals surface area contributed by atoms with Crippen LogP contribution in [0.25, 0.3) is 0 Å². The maximum absolute atomic E-state index is 13.4. The van der Waals surface area contributed by atoms with E-state index < -0.39 is 49.8 Å². The van der Waals surface area contributed by atoms with Crippen molar-refractivity contribution in [1.29, 1.82) is 0 Å². The molecule has 0 saturated carbocycles. The van der Waals surface area contributed by atoms with Crippen LogP contribution in [-0.4, -0.2) is 53.3 Å². The molecular formula is C25H33BrN2O8Si. The van der Waals surface area contributed by atoms with Gasteiger partial charge in [-0.15, -0.1) is 0 Å². The first-order valence-electron chi connectivity index (χ1n) is 11.9. The Balaban J connectivity index is 1.91. The van der Waals surface area contributed by atoms with Crippen molar-refractivity contribution in [3.8, 4) is 0 Å². The number of ether oxygens (including phenoxy) is 3. The highest BCUT2D eigenvalue weighted by atomic mass is 79.9. The molecule has 1 saturated heterocycles. The number of carbonyl (C=O) groups excluding carboxylic acids is 2. The van der Waals surface area contributed by atoms with Crippen LogP contribution in [0.15, 0.2) is 52.2 Å². The fourth-order valence-electron chi connectivity index (χ4n) is 3.45. The number of hydrogen-bond donors (Lipinski definition) is 0. The third kappa shape index (κ3) is 6.93. The van der Waals surface area contributed by atoms with Crippen LogP contribution >= 0.6 is 15.9 Å². The molecule has 10 nitrogen and oxygen atoms in total. The van der Waals surface area contributed by atoms with Gasteiger partial charge in [0.2, 0.25) is 0 Å². The molecule has 1 aromatic heterocycles. The minimum absolute atomic E-state index is 0.0331. The monoisotopic (exact) mass is 596 g/mol. The molecule has 12 heteroatoms. The number of hydrogen-bond acceptors (Lipinski definition) is 8. The molecule has 2 heterocycles. The van der Waals surface area contributed by atoms with Crippen LogP contribution in [0.3, 0.4) is 0 Å². The number of nitrogens with zero attached hydrogens (tertiary/aromatic N) is 2. The summed E-state index contributed by atoms with van der Waals surface area (Å²) in [5.41, 5.74) is -0.371. The molecule has 0 amide bonds. The molecule has 2 aromatic rings. The average Bonchev–Trinajstić information content (AvgIpc) is 3.14. The smallest absolute Gasteiger partial charge is 0.335 e. The van der Waals surface area contributed by atoms with E-state index in [2.05, 4.69) is 15.9 Å². The number of benzene rings is 1. The van der Waals surface area contributed by atoms with Crippen molar-refractivity contribution in [2.24, 2.45) is 0 Å². The molecular weight excluding hydrogens is 564 g/mol. The summed E-state index contributed by atoms with van der Waals surface area (Å²) in [5.74, 6) is -0.981. The summed E-state index contributed by atoms with van der Waals surface area (Å²) in [6, 6.07) is 10.6. The minimum atomic E-state index is -2.49. The molecule has 0 aliphatic carbocycles. The van der Waals surface area contributed by atoms with Gasteiger partial charge in [-0.1, -0.05) is 67.0 Å². The molecule has 0 N–H and O–H groups in total. The Kier molecular flexibility index (Phi) is 9.45. The Morgan fingerprint density at radius 3 is 2.41 bits per heavy atom. The maximum Gasteiger partial charge on any atom is 0.335 e. The molecule has 202 valence electrons. The number of Topliss-reactive ketones (excluding diaryl/α,β-unsaturated/α-hetero) is 1. The molecule has 3 rings (SSSR count). The lowest BCUT2D eigenvalue weighted by Crippen LogP contribution is -2.49. The molecule has 1 fully saturated rings. The number of esters is 1. The molecule has 1 aliphatic heterocycles. The van der Waals surface area contributed by atoms with Gasteiger partial charge in [-0.05, 0) is 23.7 Å². The van der Waals surface area contributed by atoms with Crippen molar-refractivity contribution in [1.82, 2.24) is 9.13 Å². The average molecular weight is 598 g/mol. The highest BCUT2D eigenvalue weighted by molar-refractivity contribution is 9.09. The molecule has 37 heavy (non-hydrogen) atoms. The summed E-state index contributed by atoms with van der Waals surface area (Å²) in [6.07, 6.45) is -2.11. The predicted octanol–water partition coefficient (Wildman–Crippen LogP) is 2.98. The highest BCUT2D eigenvalue weighted by Gasteiger charge is 2.51. The number of alkyl halides is 1. The lowest BCUT2D eigenvalue weighted by atomic mass is 10.2. The van der Waals surface area contributed by atoms with E-state index in [4.69, 9.17) is 18.6 Å². The molecule has 3 atom stereocenters. The fourth-order valence-corrected chi connectivity index (χ4v) is 4.84. The largest absolute Gasteiger partial charge is 0.462 e. The third-order valence-corrected chi connectivity index (χ3v) is 11.5. The zero-order chi connectivity index (χ0) is 27.4. The van der Waals surface area contributed by atoms with Crippen LogP contribution in [0.2, 0.25) is 18.1 Å². The lowest BCUT2D eigenvalue weighted by molar-refractivity contribution is -0.146. The van der Waals surface area contributed by atoms with Crippen LogP contribution in [0.4, 0.5) is 0 Å². The van der Waals surface area contributed by atoms with Crippen molar-refractivity contribution >= 4 is 36.0 Å². The first kappa shape index (κ1) is 29.2. The van der Waals surface area contributed by atoms with Crippen molar-refractivity contribution in [3.63, 3.8) is 0 Å². The Morgan fingerprint density at radius 1 is 1.11 bits per heavy atom. The molecule has 0 spiro atoms. The van der Waals surface area contributed by atoms with E-state index >= 15 is 0 Å². The first-order valence-corrected chi connectivity index (χ1v) is 15.9. The Bertz CT molecular complexity index is 1220. The standard InChI is InChI=1S/C25H33BrN2O8Si/c1-25(2,3)37(4,5)36-22-21(31)18(15-34-20(30)13-26)35-23(22)27-12-11-19(29)28(24(27)32)16-33-14-17-9-7-6-8-10-17/h6-12,18,22-23H,13-16H2,1-5H3/t18-,22-,23-/m1/s1. The Morgan fingerprint density at radius 2 is 1.78 bits per heavy atom. The van der Waals surface area contributed by atoms with Gasteiger partial charge in [0.25, 0.3) is 5.56 Å². The second-order valence-corrected chi connectivity index (χ2v) is 15.6. The predicted molar refractivity (Wildman–Crippen MR) is 142 cm³/mol. The van der Waals surface area contributed by atoms with Gasteiger partial charge >= 0.3 is 11.7 Å². The number of rotatable bonds is 10. The number of carbonyl (C=O) groups is 2. The molecule has 0 unspecified atom stereocenters. The van der Waals surface area contributed by atoms with Gasteiger partial charge < -0.3 is 18.6 Å². The fraction of sp³-hybridized carbons (Fsp3) is 0.520. The number of halogens is 1. The van der Waals surface area contributed by atoms with Gasteiger partial charge in [0.05, 0.1) is 6.61 Å². The van der Waals surface area contributed by atoms with Gasteiger partial charge in [-0.25, -0.2) is 9.36 Å². The molecule has 1 aromatic carbocycles. The topological polar surface area (TPSA) is 115 Å². The molecule has 1 aliphatic rings. The summed E-state index contributed by atoms with van der Waals surface area (Å²) in [4.78, 5) is 50.9. The quantitative estimate of drug-likeness (QED) is 0.233. The van der Waals surface area contributed by atoms with E-state index in [0.717, 1.165) is 14.7 Å². The zero-order valence-electron chi connectivity index (χ0n) is 21.6. The summed E-state index contributed by atoms with van der Waals surface area (Å²) in [5, 5.41) is -0.262. The number of ketones is 1. The van der Waals surface area contributed by atoms with E-state index in [9.17, 15) is 19.2 Å². The van der Waals surface area contributed by atoms with E-state index in [1.165, 1.54) is 12.3 Å². The third-order valence-electron chi connectivity index (χ3n) is 6.59. The Hall–Kier alpha value is -2.38. The van der Waals surface area contributed by atoms with E-state index in [-0.39, 0.29) is 30.3 Å². The summed E-state index contributed by atoms with van der Waals surface area (Å²) in [6.45, 7) is 9.66. The first-order chi connectivity index (χ1) is 17.4. The second kappa shape index (κ2) is 12.0. The minimum Gasteiger partial charge on any atom is -0.462 e. The van der Waals surface area contributed by atoms with Gasteiger partial charge in [0.15, 0.2) is 32.5 Å². The van der Waals surface area contributed by atoms with Crippen LogP contribution in [-0.2, 0) is 41.6 Å². The van der Waals surface area contributed by atoms with Gasteiger partial charge in [-0.2, -0.15) is 0 Å². The molecule has 0 bridgehead atoms. The van der Waals surface area contributed by atoms with Gasteiger partial charge in [0.1, 0.15) is 18.7 Å². The van der Waals surface area contributed by atoms with E-state index in [1.807, 2.05) is 64.2 Å². The van der Waals surface area contributed by atoms with E-state index in [0.29, 0.717) is 0 Å². The highest BCUT2D eigenvalue weighted by Crippen LogP contribution is 2.40. The van der Waals surface area contributed by atoms with Crippen molar-refractivity contribution < 1.29 is 28.2 Å². The summed E-state index contributed by atoms with van der Waals surface area (Å²) >= 11 is 3.01. The Labute approximate surface area is 224 Å². The lowest BCUT2D eigenvalue weighted by Gasteiger charge is -2.38. The number of aromatic nitrogens is 2. The normalized spacial score (nSPS) is 20.3. The van der Waals surface area contributed by atoms with Crippen LogP contribution < -0.4 is 11.2 Å². The second-order valence-electron chi connectivity index (χ2n) is 10.3. The zero-order valence-corrected chi connectivity index (χ0v) is 24.2. The van der Waals surface area contributed by atoms with Gasteiger partial charge in [0, 0.05) is 12.3 Å². The van der Waals surface area contributed by atoms with Crippen molar-refractivity contribution in [3.05, 3.63) is 69.0 Å². The maximum atomic E-state index is 13.4. The van der Waals surface area contributed by atoms with Gasteiger partial charge in [-0.3, -0.25) is 19.0 Å². The van der Waals surface area contributed by atoms with E-state index in [1.54, 1.807) is 0 Å². The summed E-state index contributed by atoms with van der Waals surface area (Å²) in [7, 11) is -2.49. The summed E-state index contributed by atoms with van der Waals surface area (Å²) < 4.78 is 25.2. The van der Waals surface area contributed by atoms with Crippen LogP contribution in [0.1, 0.15) is 32.6 Å². The van der Waals surface area contributed by atoms with Crippen LogP contribution in [0.5, 0.6) is 0 Å². The van der Waals surface area contributed by atoms with Crippen molar-refractivity contribution in [2.45, 2.75) is 70.7 Å². The SMILES string of the molecule is CC(C)(C)[Si](C)(C)O[C@@H]1C(=O)[C@@H](COC(=O)CBr)O[C@H]1n1ccc(=O)n(COCc2ccccc2)c1=O.